The summed E-state index contributed by atoms with van der Waals surface area (Å²) in [7, 11) is 0. The van der Waals surface area contributed by atoms with Gasteiger partial charge in [-0.3, -0.25) is 19.3 Å². The second-order valence-corrected chi connectivity index (χ2v) is 9.28. The van der Waals surface area contributed by atoms with E-state index in [1.165, 1.54) is 6.92 Å². The van der Waals surface area contributed by atoms with E-state index in [-0.39, 0.29) is 41.8 Å². The minimum absolute atomic E-state index is 0.0893. The molecule has 7 heteroatoms. The highest BCUT2D eigenvalue weighted by atomic mass is 16.2. The first-order chi connectivity index (χ1) is 13.3. The van der Waals surface area contributed by atoms with Crippen molar-refractivity contribution >= 4 is 29.1 Å². The molecule has 29 heavy (non-hydrogen) atoms. The Morgan fingerprint density at radius 1 is 0.862 bits per heavy atom. The van der Waals surface area contributed by atoms with Crippen molar-refractivity contribution in [3.05, 3.63) is 24.3 Å². The number of anilines is 2. The Bertz CT molecular complexity index is 706. The summed E-state index contributed by atoms with van der Waals surface area (Å²) in [5.74, 6) is -0.432. The molecule has 0 aliphatic heterocycles. The molecule has 0 aromatic heterocycles. The molecule has 0 saturated carbocycles. The van der Waals surface area contributed by atoms with Gasteiger partial charge in [0.2, 0.25) is 17.7 Å². The average molecular weight is 405 g/mol. The summed E-state index contributed by atoms with van der Waals surface area (Å²) in [6.07, 6.45) is 0.854. The van der Waals surface area contributed by atoms with Crippen molar-refractivity contribution in [3.63, 3.8) is 0 Å². The van der Waals surface area contributed by atoms with Crippen molar-refractivity contribution in [2.75, 3.05) is 30.3 Å². The fourth-order valence-corrected chi connectivity index (χ4v) is 3.51. The van der Waals surface area contributed by atoms with Gasteiger partial charge >= 0.3 is 0 Å². The van der Waals surface area contributed by atoms with Crippen molar-refractivity contribution in [2.24, 2.45) is 5.41 Å². The van der Waals surface area contributed by atoms with Crippen molar-refractivity contribution < 1.29 is 14.4 Å². The zero-order valence-electron chi connectivity index (χ0n) is 18.8. The Hall–Kier alpha value is -2.41. The number of benzene rings is 1. The minimum Gasteiger partial charge on any atom is -0.350 e. The van der Waals surface area contributed by atoms with Gasteiger partial charge in [0, 0.05) is 23.8 Å². The molecule has 0 bridgehead atoms. The van der Waals surface area contributed by atoms with Crippen LogP contribution in [0, 0.1) is 5.41 Å². The SMILES string of the molecule is CCN(CC(=O)Nc1ccc(NC(C)=O)cc1)CC(=O)NC(C)(C)CC(C)(C)C. The first kappa shape index (κ1) is 24.6. The van der Waals surface area contributed by atoms with Crippen LogP contribution in [0.15, 0.2) is 24.3 Å². The van der Waals surface area contributed by atoms with E-state index in [0.717, 1.165) is 6.42 Å². The number of carbonyl (C=O) groups is 3. The summed E-state index contributed by atoms with van der Waals surface area (Å²) in [6, 6.07) is 6.89. The van der Waals surface area contributed by atoms with Gasteiger partial charge in [-0.25, -0.2) is 0 Å². The van der Waals surface area contributed by atoms with Gasteiger partial charge in [0.1, 0.15) is 0 Å². The van der Waals surface area contributed by atoms with Crippen molar-refractivity contribution in [1.29, 1.82) is 0 Å². The third-order valence-electron chi connectivity index (χ3n) is 4.12. The number of hydrogen-bond donors (Lipinski definition) is 3. The molecule has 0 atom stereocenters. The number of hydrogen-bond acceptors (Lipinski definition) is 4. The summed E-state index contributed by atoms with van der Waals surface area (Å²) >= 11 is 0. The Balaban J connectivity index is 2.56. The number of rotatable bonds is 9. The lowest BCUT2D eigenvalue weighted by atomic mass is 9.82. The molecule has 3 N–H and O–H groups in total. The molecule has 0 radical (unpaired) electrons. The average Bonchev–Trinajstić information content (AvgIpc) is 2.52. The maximum Gasteiger partial charge on any atom is 0.238 e. The van der Waals surface area contributed by atoms with Gasteiger partial charge in [-0.2, -0.15) is 0 Å². The normalized spacial score (nSPS) is 11.9. The highest BCUT2D eigenvalue weighted by molar-refractivity contribution is 5.93. The Kier molecular flexibility index (Phi) is 8.82. The predicted octanol–water partition coefficient (Wildman–Crippen LogP) is 3.24. The maximum atomic E-state index is 12.5. The highest BCUT2D eigenvalue weighted by Gasteiger charge is 2.27. The van der Waals surface area contributed by atoms with E-state index in [1.54, 1.807) is 29.2 Å². The van der Waals surface area contributed by atoms with Gasteiger partial charge in [0.05, 0.1) is 13.1 Å². The van der Waals surface area contributed by atoms with E-state index in [0.29, 0.717) is 17.9 Å². The Morgan fingerprint density at radius 3 is 1.79 bits per heavy atom. The third kappa shape index (κ3) is 10.6. The number of likely N-dealkylation sites (N-methyl/N-ethyl adjacent to an activating group) is 1. The number of carbonyl (C=O) groups excluding carboxylic acids is 3. The fraction of sp³-hybridized carbons (Fsp3) is 0.591. The van der Waals surface area contributed by atoms with Crippen LogP contribution in [0.1, 0.15) is 54.9 Å². The molecule has 7 nitrogen and oxygen atoms in total. The first-order valence-corrected chi connectivity index (χ1v) is 10.0. The molecular formula is C22H36N4O3. The summed E-state index contributed by atoms with van der Waals surface area (Å²) in [6.45, 7) is 14.7. The van der Waals surface area contributed by atoms with Crippen molar-refractivity contribution in [3.8, 4) is 0 Å². The van der Waals surface area contributed by atoms with E-state index in [1.807, 2.05) is 20.8 Å². The molecule has 0 saturated heterocycles. The molecular weight excluding hydrogens is 368 g/mol. The van der Waals surface area contributed by atoms with Crippen LogP contribution in [0.3, 0.4) is 0 Å². The lowest BCUT2D eigenvalue weighted by Crippen LogP contribution is -2.50. The molecule has 0 unspecified atom stereocenters. The lowest BCUT2D eigenvalue weighted by molar-refractivity contribution is -0.125. The zero-order valence-corrected chi connectivity index (χ0v) is 18.8. The van der Waals surface area contributed by atoms with E-state index >= 15 is 0 Å². The quantitative estimate of drug-likeness (QED) is 0.589. The third-order valence-corrected chi connectivity index (χ3v) is 4.12. The topological polar surface area (TPSA) is 90.5 Å². The van der Waals surface area contributed by atoms with Gasteiger partial charge in [-0.1, -0.05) is 27.7 Å². The van der Waals surface area contributed by atoms with Crippen LogP contribution in [0.2, 0.25) is 0 Å². The van der Waals surface area contributed by atoms with E-state index < -0.39 is 0 Å². The van der Waals surface area contributed by atoms with Gasteiger partial charge in [0.15, 0.2) is 0 Å². The number of nitrogens with zero attached hydrogens (tertiary/aromatic N) is 1. The molecule has 0 heterocycles. The largest absolute Gasteiger partial charge is 0.350 e. The van der Waals surface area contributed by atoms with E-state index in [9.17, 15) is 14.4 Å². The Labute approximate surface area is 174 Å². The fourth-order valence-electron chi connectivity index (χ4n) is 3.51. The summed E-state index contributed by atoms with van der Waals surface area (Å²) in [5, 5.41) is 8.57. The maximum absolute atomic E-state index is 12.5. The van der Waals surface area contributed by atoms with Crippen LogP contribution in [0.4, 0.5) is 11.4 Å². The lowest BCUT2D eigenvalue weighted by Gasteiger charge is -2.34. The molecule has 0 aliphatic carbocycles. The monoisotopic (exact) mass is 404 g/mol. The number of nitrogens with one attached hydrogen (secondary N) is 3. The summed E-state index contributed by atoms with van der Waals surface area (Å²) in [4.78, 5) is 37.7. The van der Waals surface area contributed by atoms with Crippen molar-refractivity contribution in [1.82, 2.24) is 10.2 Å². The van der Waals surface area contributed by atoms with Crippen LogP contribution >= 0.6 is 0 Å². The van der Waals surface area contributed by atoms with Gasteiger partial charge in [-0.05, 0) is 56.5 Å². The Morgan fingerprint density at radius 2 is 1.34 bits per heavy atom. The van der Waals surface area contributed by atoms with E-state index in [2.05, 4.69) is 36.7 Å². The van der Waals surface area contributed by atoms with Gasteiger partial charge < -0.3 is 16.0 Å². The molecule has 0 fully saturated rings. The molecule has 0 aliphatic rings. The molecule has 162 valence electrons. The molecule has 1 aromatic rings. The highest BCUT2D eigenvalue weighted by Crippen LogP contribution is 2.26. The van der Waals surface area contributed by atoms with Crippen LogP contribution in [-0.2, 0) is 14.4 Å². The molecule has 0 spiro atoms. The van der Waals surface area contributed by atoms with Gasteiger partial charge in [0.25, 0.3) is 0 Å². The van der Waals surface area contributed by atoms with Gasteiger partial charge in [-0.15, -0.1) is 0 Å². The van der Waals surface area contributed by atoms with E-state index in [4.69, 9.17) is 0 Å². The smallest absolute Gasteiger partial charge is 0.238 e. The number of amides is 3. The van der Waals surface area contributed by atoms with Crippen LogP contribution in [0.25, 0.3) is 0 Å². The van der Waals surface area contributed by atoms with Crippen LogP contribution in [0.5, 0.6) is 0 Å². The first-order valence-electron chi connectivity index (χ1n) is 10.0. The molecule has 3 amide bonds. The second kappa shape index (κ2) is 10.4. The summed E-state index contributed by atoms with van der Waals surface area (Å²) < 4.78 is 0. The van der Waals surface area contributed by atoms with Crippen molar-refractivity contribution in [2.45, 2.75) is 60.4 Å². The zero-order chi connectivity index (χ0) is 22.2. The molecule has 1 rings (SSSR count). The van der Waals surface area contributed by atoms with Crippen LogP contribution < -0.4 is 16.0 Å². The minimum atomic E-state index is -0.313. The van der Waals surface area contributed by atoms with Crippen LogP contribution in [-0.4, -0.2) is 47.8 Å². The standard InChI is InChI=1S/C22H36N4O3/c1-8-26(14-20(29)25-22(6,7)15-21(3,4)5)13-19(28)24-18-11-9-17(10-12-18)23-16(2)27/h9-12H,8,13-15H2,1-7H3,(H,23,27)(H,24,28)(H,25,29). The predicted molar refractivity (Wildman–Crippen MR) is 118 cm³/mol. The molecule has 1 aromatic carbocycles. The second-order valence-electron chi connectivity index (χ2n) is 9.28. The summed E-state index contributed by atoms with van der Waals surface area (Å²) in [5.41, 5.74) is 1.10.